The van der Waals surface area contributed by atoms with Gasteiger partial charge in [-0.3, -0.25) is 14.4 Å². The molecule has 0 aliphatic heterocycles. The van der Waals surface area contributed by atoms with Gasteiger partial charge >= 0.3 is 5.97 Å². The molecule has 0 aliphatic rings. The first kappa shape index (κ1) is 16.0. The lowest BCUT2D eigenvalue weighted by Crippen LogP contribution is -2.33. The third kappa shape index (κ3) is 5.29. The van der Waals surface area contributed by atoms with E-state index >= 15 is 0 Å². The van der Waals surface area contributed by atoms with Gasteiger partial charge in [0.25, 0.3) is 0 Å². The molecule has 8 heteroatoms. The van der Waals surface area contributed by atoms with Crippen molar-refractivity contribution < 1.29 is 19.5 Å². The Bertz CT molecular complexity index is 504. The average molecular weight is 297 g/mol. The van der Waals surface area contributed by atoms with E-state index in [1.807, 2.05) is 0 Å². The molecule has 0 unspecified atom stereocenters. The van der Waals surface area contributed by atoms with Crippen LogP contribution >= 0.6 is 11.8 Å². The number of aliphatic carboxylic acids is 1. The summed E-state index contributed by atoms with van der Waals surface area (Å²) < 4.78 is 0. The molecule has 1 rings (SSSR count). The largest absolute Gasteiger partial charge is 0.480 e. The molecule has 0 aliphatic carbocycles. The van der Waals surface area contributed by atoms with E-state index in [0.717, 1.165) is 11.8 Å². The van der Waals surface area contributed by atoms with Gasteiger partial charge in [-0.05, 0) is 24.3 Å². The van der Waals surface area contributed by atoms with E-state index in [0.29, 0.717) is 11.3 Å². The fourth-order valence-corrected chi connectivity index (χ4v) is 2.04. The molecule has 0 fully saturated rings. The van der Waals surface area contributed by atoms with Gasteiger partial charge in [0.15, 0.2) is 0 Å². The Morgan fingerprint density at radius 1 is 1.25 bits per heavy atom. The van der Waals surface area contributed by atoms with Crippen molar-refractivity contribution in [2.75, 3.05) is 16.8 Å². The molecule has 6 N–H and O–H groups in total. The van der Waals surface area contributed by atoms with Crippen LogP contribution in [-0.2, 0) is 9.59 Å². The van der Waals surface area contributed by atoms with Crippen LogP contribution in [-0.4, -0.2) is 40.4 Å². The van der Waals surface area contributed by atoms with E-state index in [1.54, 1.807) is 12.1 Å². The van der Waals surface area contributed by atoms with Crippen LogP contribution in [0.2, 0.25) is 0 Å². The Morgan fingerprint density at radius 3 is 2.35 bits per heavy atom. The van der Waals surface area contributed by atoms with Crippen LogP contribution in [0.3, 0.4) is 0 Å². The van der Waals surface area contributed by atoms with Crippen molar-refractivity contribution in [1.82, 2.24) is 0 Å². The maximum atomic E-state index is 11.6. The van der Waals surface area contributed by atoms with E-state index in [9.17, 15) is 14.4 Å². The lowest BCUT2D eigenvalue weighted by Gasteiger charge is -2.07. The summed E-state index contributed by atoms with van der Waals surface area (Å²) in [4.78, 5) is 32.9. The number of carboxylic acid groups (broad SMARTS) is 1. The monoisotopic (exact) mass is 297 g/mol. The summed E-state index contributed by atoms with van der Waals surface area (Å²) in [6.07, 6.45) is 0. The molecule has 0 aromatic heterocycles. The van der Waals surface area contributed by atoms with Crippen LogP contribution in [0.15, 0.2) is 24.3 Å². The average Bonchev–Trinajstić information content (AvgIpc) is 2.39. The minimum Gasteiger partial charge on any atom is -0.480 e. The van der Waals surface area contributed by atoms with Gasteiger partial charge in [0.1, 0.15) is 6.04 Å². The highest BCUT2D eigenvalue weighted by Crippen LogP contribution is 2.10. The fourth-order valence-electron chi connectivity index (χ4n) is 1.26. The van der Waals surface area contributed by atoms with Crippen LogP contribution in [0.4, 0.5) is 5.69 Å². The van der Waals surface area contributed by atoms with Crippen molar-refractivity contribution in [3.05, 3.63) is 29.8 Å². The highest BCUT2D eigenvalue weighted by atomic mass is 32.2. The predicted octanol–water partition coefficient (Wildman–Crippen LogP) is -0.131. The Labute approximate surface area is 119 Å². The normalized spacial score (nSPS) is 11.7. The van der Waals surface area contributed by atoms with Crippen LogP contribution in [0.5, 0.6) is 0 Å². The summed E-state index contributed by atoms with van der Waals surface area (Å²) in [6, 6.07) is 5.15. The number of amides is 2. The quantitative estimate of drug-likeness (QED) is 0.553. The molecule has 108 valence electrons. The Hall–Kier alpha value is -2.06. The maximum absolute atomic E-state index is 11.6. The number of carbonyl (C=O) groups is 3. The van der Waals surface area contributed by atoms with Crippen molar-refractivity contribution >= 4 is 35.2 Å². The highest BCUT2D eigenvalue weighted by Gasteiger charge is 2.12. The third-order valence-corrected chi connectivity index (χ3v) is 3.36. The first-order valence-corrected chi connectivity index (χ1v) is 6.81. The second-order valence-electron chi connectivity index (χ2n) is 3.95. The number of carbonyl (C=O) groups excluding carboxylic acids is 2. The molecule has 7 nitrogen and oxygen atoms in total. The van der Waals surface area contributed by atoms with E-state index in [4.69, 9.17) is 16.6 Å². The summed E-state index contributed by atoms with van der Waals surface area (Å²) in [5.41, 5.74) is 11.3. The molecule has 20 heavy (non-hydrogen) atoms. The maximum Gasteiger partial charge on any atom is 0.321 e. The Morgan fingerprint density at radius 2 is 1.85 bits per heavy atom. The lowest BCUT2D eigenvalue weighted by atomic mass is 10.2. The van der Waals surface area contributed by atoms with Gasteiger partial charge in [0.2, 0.25) is 11.8 Å². The van der Waals surface area contributed by atoms with Gasteiger partial charge in [0.05, 0.1) is 5.75 Å². The summed E-state index contributed by atoms with van der Waals surface area (Å²) in [6.45, 7) is 0. The number of primary amides is 1. The standard InChI is InChI=1S/C12H15N3O4S/c13-9(12(18)19)5-20-6-10(16)15-8-3-1-7(2-4-8)11(14)17/h1-4,9H,5-6,13H2,(H2,14,17)(H,15,16)(H,18,19)/t9-/m0/s1. The van der Waals surface area contributed by atoms with E-state index in [2.05, 4.69) is 5.32 Å². The summed E-state index contributed by atoms with van der Waals surface area (Å²) in [5.74, 6) is -1.66. The molecule has 0 bridgehead atoms. The van der Waals surface area contributed by atoms with Crippen molar-refractivity contribution in [2.45, 2.75) is 6.04 Å². The van der Waals surface area contributed by atoms with Gasteiger partial charge in [-0.15, -0.1) is 11.8 Å². The number of nitrogens with one attached hydrogen (secondary N) is 1. The molecule has 0 saturated carbocycles. The number of hydrogen-bond acceptors (Lipinski definition) is 5. The van der Waals surface area contributed by atoms with Crippen LogP contribution in [0, 0.1) is 0 Å². The molecule has 0 spiro atoms. The molecule has 2 amide bonds. The number of rotatable bonds is 7. The van der Waals surface area contributed by atoms with Gasteiger partial charge in [-0.2, -0.15) is 0 Å². The number of benzene rings is 1. The van der Waals surface area contributed by atoms with E-state index < -0.39 is 17.9 Å². The zero-order valence-electron chi connectivity index (χ0n) is 10.5. The number of thioether (sulfide) groups is 1. The first-order valence-electron chi connectivity index (χ1n) is 5.66. The van der Waals surface area contributed by atoms with Crippen molar-refractivity contribution in [3.63, 3.8) is 0 Å². The Kier molecular flexibility index (Phi) is 6.01. The molecular weight excluding hydrogens is 282 g/mol. The SMILES string of the molecule is NC(=O)c1ccc(NC(=O)CSC[C@H](N)C(=O)O)cc1. The zero-order chi connectivity index (χ0) is 15.1. The topological polar surface area (TPSA) is 136 Å². The van der Waals surface area contributed by atoms with E-state index in [-0.39, 0.29) is 17.4 Å². The van der Waals surface area contributed by atoms with E-state index in [1.165, 1.54) is 12.1 Å². The van der Waals surface area contributed by atoms with Gasteiger partial charge < -0.3 is 21.9 Å². The summed E-state index contributed by atoms with van der Waals surface area (Å²) >= 11 is 1.13. The van der Waals surface area contributed by atoms with Gasteiger partial charge in [-0.1, -0.05) is 0 Å². The second kappa shape index (κ2) is 7.51. The fraction of sp³-hybridized carbons (Fsp3) is 0.250. The molecule has 1 atom stereocenters. The molecular formula is C12H15N3O4S. The number of hydrogen-bond donors (Lipinski definition) is 4. The molecule has 1 aromatic rings. The molecule has 0 saturated heterocycles. The smallest absolute Gasteiger partial charge is 0.321 e. The second-order valence-corrected chi connectivity index (χ2v) is 4.98. The molecule has 0 radical (unpaired) electrons. The van der Waals surface area contributed by atoms with Gasteiger partial charge in [-0.25, -0.2) is 0 Å². The van der Waals surface area contributed by atoms with Crippen molar-refractivity contribution in [3.8, 4) is 0 Å². The number of anilines is 1. The first-order chi connectivity index (χ1) is 9.40. The van der Waals surface area contributed by atoms with Gasteiger partial charge in [0, 0.05) is 17.0 Å². The number of carboxylic acids is 1. The summed E-state index contributed by atoms with van der Waals surface area (Å²) in [5, 5.41) is 11.2. The number of nitrogens with two attached hydrogens (primary N) is 2. The predicted molar refractivity (Wildman–Crippen MR) is 76.5 cm³/mol. The third-order valence-electron chi connectivity index (χ3n) is 2.30. The Balaban J connectivity index is 2.39. The van der Waals surface area contributed by atoms with Crippen LogP contribution in [0.25, 0.3) is 0 Å². The molecule has 1 aromatic carbocycles. The van der Waals surface area contributed by atoms with Crippen LogP contribution < -0.4 is 16.8 Å². The minimum absolute atomic E-state index is 0.0958. The zero-order valence-corrected chi connectivity index (χ0v) is 11.4. The molecule has 0 heterocycles. The minimum atomic E-state index is -1.10. The summed E-state index contributed by atoms with van der Waals surface area (Å²) in [7, 11) is 0. The lowest BCUT2D eigenvalue weighted by molar-refractivity contribution is -0.137. The highest BCUT2D eigenvalue weighted by molar-refractivity contribution is 8.00. The van der Waals surface area contributed by atoms with Crippen molar-refractivity contribution in [1.29, 1.82) is 0 Å². The van der Waals surface area contributed by atoms with Crippen molar-refractivity contribution in [2.24, 2.45) is 11.5 Å². The van der Waals surface area contributed by atoms with Crippen LogP contribution in [0.1, 0.15) is 10.4 Å².